The average Bonchev–Trinajstić information content (AvgIpc) is 2.16. The molecule has 1 fully saturated rings. The molecule has 1 aliphatic carbocycles. The van der Waals surface area contributed by atoms with Crippen molar-refractivity contribution in [2.75, 3.05) is 6.61 Å². The first-order valence-electron chi connectivity index (χ1n) is 5.51. The van der Waals surface area contributed by atoms with Crippen molar-refractivity contribution in [3.8, 4) is 0 Å². The highest BCUT2D eigenvalue weighted by Crippen LogP contribution is 2.31. The zero-order valence-corrected chi connectivity index (χ0v) is 8.58. The van der Waals surface area contributed by atoms with E-state index in [1.54, 1.807) is 0 Å². The molecule has 1 rings (SSSR count). The number of hydrogen-bond donors (Lipinski definition) is 2. The van der Waals surface area contributed by atoms with Crippen molar-refractivity contribution in [3.63, 3.8) is 0 Å². The Hall–Kier alpha value is -0.0800. The first-order chi connectivity index (χ1) is 6.22. The highest BCUT2D eigenvalue weighted by atomic mass is 16.3. The van der Waals surface area contributed by atoms with Gasteiger partial charge in [-0.05, 0) is 24.7 Å². The van der Waals surface area contributed by atoms with Crippen molar-refractivity contribution in [1.29, 1.82) is 0 Å². The Labute approximate surface area is 81.0 Å². The molecule has 13 heavy (non-hydrogen) atoms. The fraction of sp³-hybridized carbons (Fsp3) is 1.00. The van der Waals surface area contributed by atoms with Crippen LogP contribution in [-0.2, 0) is 0 Å². The van der Waals surface area contributed by atoms with Crippen LogP contribution in [0.1, 0.15) is 45.4 Å². The Morgan fingerprint density at radius 2 is 1.85 bits per heavy atom. The molecule has 0 aromatic rings. The smallest absolute Gasteiger partial charge is 0.0771 e. The fourth-order valence-corrected chi connectivity index (χ4v) is 2.14. The van der Waals surface area contributed by atoms with Gasteiger partial charge in [-0.15, -0.1) is 0 Å². The standard InChI is InChI=1S/C11H22O2/c1-9-2-4-10(5-3-9)6-7-11(13)8-12/h9-13H,2-8H2,1H3. The zero-order chi connectivity index (χ0) is 9.68. The van der Waals surface area contributed by atoms with Crippen LogP contribution in [0.25, 0.3) is 0 Å². The van der Waals surface area contributed by atoms with Crippen LogP contribution in [0.3, 0.4) is 0 Å². The second kappa shape index (κ2) is 5.61. The van der Waals surface area contributed by atoms with Gasteiger partial charge in [0.1, 0.15) is 0 Å². The molecule has 1 unspecified atom stereocenters. The number of aliphatic hydroxyl groups is 2. The van der Waals surface area contributed by atoms with E-state index in [4.69, 9.17) is 5.11 Å². The summed E-state index contributed by atoms with van der Waals surface area (Å²) in [6.45, 7) is 2.24. The predicted molar refractivity (Wildman–Crippen MR) is 53.4 cm³/mol. The van der Waals surface area contributed by atoms with Crippen LogP contribution in [0.4, 0.5) is 0 Å². The van der Waals surface area contributed by atoms with Crippen molar-refractivity contribution in [3.05, 3.63) is 0 Å². The summed E-state index contributed by atoms with van der Waals surface area (Å²) in [6, 6.07) is 0. The van der Waals surface area contributed by atoms with Gasteiger partial charge in [-0.25, -0.2) is 0 Å². The Morgan fingerprint density at radius 1 is 1.23 bits per heavy atom. The maximum absolute atomic E-state index is 9.19. The summed E-state index contributed by atoms with van der Waals surface area (Å²) in [6.07, 6.45) is 6.71. The maximum atomic E-state index is 9.19. The molecule has 0 aromatic carbocycles. The highest BCUT2D eigenvalue weighted by Gasteiger charge is 2.18. The summed E-state index contributed by atoms with van der Waals surface area (Å²) < 4.78 is 0. The van der Waals surface area contributed by atoms with Crippen LogP contribution in [-0.4, -0.2) is 22.9 Å². The van der Waals surface area contributed by atoms with Crippen LogP contribution in [0, 0.1) is 11.8 Å². The van der Waals surface area contributed by atoms with Crippen LogP contribution < -0.4 is 0 Å². The van der Waals surface area contributed by atoms with Gasteiger partial charge in [0, 0.05) is 0 Å². The molecular formula is C11H22O2. The van der Waals surface area contributed by atoms with Crippen LogP contribution >= 0.6 is 0 Å². The van der Waals surface area contributed by atoms with Crippen molar-refractivity contribution >= 4 is 0 Å². The number of aliphatic hydroxyl groups excluding tert-OH is 2. The lowest BCUT2D eigenvalue weighted by Gasteiger charge is -2.26. The van der Waals surface area contributed by atoms with Crippen molar-refractivity contribution < 1.29 is 10.2 Å². The van der Waals surface area contributed by atoms with Gasteiger partial charge >= 0.3 is 0 Å². The van der Waals surface area contributed by atoms with E-state index in [0.717, 1.165) is 24.7 Å². The van der Waals surface area contributed by atoms with Gasteiger partial charge in [0.05, 0.1) is 12.7 Å². The second-order valence-corrected chi connectivity index (χ2v) is 4.54. The first-order valence-corrected chi connectivity index (χ1v) is 5.51. The molecular weight excluding hydrogens is 164 g/mol. The van der Waals surface area contributed by atoms with Gasteiger partial charge in [0.2, 0.25) is 0 Å². The molecule has 1 saturated carbocycles. The topological polar surface area (TPSA) is 40.5 Å². The molecule has 0 aliphatic heterocycles. The molecule has 0 aromatic heterocycles. The molecule has 0 saturated heterocycles. The van der Waals surface area contributed by atoms with E-state index in [2.05, 4.69) is 6.92 Å². The predicted octanol–water partition coefficient (Wildman–Crippen LogP) is 1.95. The van der Waals surface area contributed by atoms with E-state index in [1.165, 1.54) is 25.7 Å². The third-order valence-corrected chi connectivity index (χ3v) is 3.25. The van der Waals surface area contributed by atoms with Crippen LogP contribution in [0.15, 0.2) is 0 Å². The normalized spacial score (nSPS) is 31.6. The number of hydrogen-bond acceptors (Lipinski definition) is 2. The zero-order valence-electron chi connectivity index (χ0n) is 8.58. The third kappa shape index (κ3) is 4.10. The summed E-state index contributed by atoms with van der Waals surface area (Å²) in [7, 11) is 0. The lowest BCUT2D eigenvalue weighted by Crippen LogP contribution is -2.17. The van der Waals surface area contributed by atoms with Gasteiger partial charge in [0.15, 0.2) is 0 Å². The molecule has 0 radical (unpaired) electrons. The summed E-state index contributed by atoms with van der Waals surface area (Å²) in [5.74, 6) is 1.71. The van der Waals surface area contributed by atoms with Crippen molar-refractivity contribution in [2.24, 2.45) is 11.8 Å². The summed E-state index contributed by atoms with van der Waals surface area (Å²) in [5.41, 5.74) is 0. The van der Waals surface area contributed by atoms with E-state index in [-0.39, 0.29) is 6.61 Å². The second-order valence-electron chi connectivity index (χ2n) is 4.54. The largest absolute Gasteiger partial charge is 0.394 e. The Kier molecular flexibility index (Phi) is 4.74. The fourth-order valence-electron chi connectivity index (χ4n) is 2.14. The van der Waals surface area contributed by atoms with Gasteiger partial charge in [0.25, 0.3) is 0 Å². The Morgan fingerprint density at radius 3 is 2.38 bits per heavy atom. The van der Waals surface area contributed by atoms with E-state index in [0.29, 0.717) is 0 Å². The summed E-state index contributed by atoms with van der Waals surface area (Å²) in [4.78, 5) is 0. The van der Waals surface area contributed by atoms with Crippen molar-refractivity contribution in [1.82, 2.24) is 0 Å². The molecule has 0 heterocycles. The van der Waals surface area contributed by atoms with E-state index < -0.39 is 6.10 Å². The quantitative estimate of drug-likeness (QED) is 0.704. The maximum Gasteiger partial charge on any atom is 0.0771 e. The van der Waals surface area contributed by atoms with Gasteiger partial charge in [-0.2, -0.15) is 0 Å². The van der Waals surface area contributed by atoms with E-state index >= 15 is 0 Å². The molecule has 1 aliphatic rings. The minimum absolute atomic E-state index is 0.0802. The molecule has 2 N–H and O–H groups in total. The molecule has 2 heteroatoms. The lowest BCUT2D eigenvalue weighted by atomic mass is 9.80. The lowest BCUT2D eigenvalue weighted by molar-refractivity contribution is 0.0795. The highest BCUT2D eigenvalue weighted by molar-refractivity contribution is 4.71. The van der Waals surface area contributed by atoms with Crippen LogP contribution in [0.2, 0.25) is 0 Å². The minimum Gasteiger partial charge on any atom is -0.394 e. The summed E-state index contributed by atoms with van der Waals surface area (Å²) >= 11 is 0. The first kappa shape index (κ1) is 11.0. The Balaban J connectivity index is 2.08. The molecule has 0 amide bonds. The SMILES string of the molecule is CC1CCC(CCC(O)CO)CC1. The van der Waals surface area contributed by atoms with E-state index in [9.17, 15) is 5.11 Å². The molecule has 0 spiro atoms. The van der Waals surface area contributed by atoms with Crippen molar-refractivity contribution in [2.45, 2.75) is 51.6 Å². The van der Waals surface area contributed by atoms with Gasteiger partial charge < -0.3 is 10.2 Å². The number of rotatable bonds is 4. The van der Waals surface area contributed by atoms with Gasteiger partial charge in [-0.3, -0.25) is 0 Å². The molecule has 78 valence electrons. The van der Waals surface area contributed by atoms with Crippen LogP contribution in [0.5, 0.6) is 0 Å². The molecule has 2 nitrogen and oxygen atoms in total. The molecule has 0 bridgehead atoms. The monoisotopic (exact) mass is 186 g/mol. The minimum atomic E-state index is -0.487. The van der Waals surface area contributed by atoms with E-state index in [1.807, 2.05) is 0 Å². The third-order valence-electron chi connectivity index (χ3n) is 3.25. The molecule has 1 atom stereocenters. The average molecular weight is 186 g/mol. The van der Waals surface area contributed by atoms with Gasteiger partial charge in [-0.1, -0.05) is 32.6 Å². The summed E-state index contributed by atoms with van der Waals surface area (Å²) in [5, 5.41) is 17.8. The Bertz CT molecular complexity index is 128.